The van der Waals surface area contributed by atoms with Gasteiger partial charge < -0.3 is 19.1 Å². The van der Waals surface area contributed by atoms with Crippen molar-refractivity contribution in [1.82, 2.24) is 4.98 Å². The highest BCUT2D eigenvalue weighted by molar-refractivity contribution is 8.03. The van der Waals surface area contributed by atoms with E-state index in [0.29, 0.717) is 22.4 Å². The molecule has 1 heterocycles. The zero-order valence-electron chi connectivity index (χ0n) is 12.2. The van der Waals surface area contributed by atoms with Gasteiger partial charge in [-0.25, -0.2) is 4.98 Å². The number of fused-ring (bicyclic) bond motifs is 1. The van der Waals surface area contributed by atoms with Gasteiger partial charge in [-0.2, -0.15) is 0 Å². The third-order valence-electron chi connectivity index (χ3n) is 3.10. The Balaban J connectivity index is 1.95. The molecule has 0 amide bonds. The van der Waals surface area contributed by atoms with Crippen LogP contribution in [0.25, 0.3) is 17.2 Å². The number of carboxylic acid groups (broad SMARTS) is 1. The Morgan fingerprint density at radius 2 is 1.96 bits per heavy atom. The van der Waals surface area contributed by atoms with Gasteiger partial charge in [0, 0.05) is 10.5 Å². The van der Waals surface area contributed by atoms with E-state index in [4.69, 9.17) is 9.15 Å². The molecule has 0 spiro atoms. The predicted octanol–water partition coefficient (Wildman–Crippen LogP) is 2.72. The minimum atomic E-state index is -1.30. The van der Waals surface area contributed by atoms with E-state index in [-0.39, 0.29) is 10.1 Å². The van der Waals surface area contributed by atoms with Crippen LogP contribution in [-0.2, 0) is 4.79 Å². The zero-order chi connectivity index (χ0) is 16.2. The number of hydrogen-bond donors (Lipinski definition) is 0. The average Bonchev–Trinajstić information content (AvgIpc) is 2.97. The van der Waals surface area contributed by atoms with E-state index in [1.165, 1.54) is 13.2 Å². The lowest BCUT2D eigenvalue weighted by molar-refractivity contribution is -0.298. The number of oxazole rings is 1. The molecular formula is C17H12NO4S-. The largest absolute Gasteiger partial charge is 0.544 e. The second kappa shape index (κ2) is 6.58. The number of thioether (sulfide) groups is 1. The third-order valence-corrected chi connectivity index (χ3v) is 3.95. The predicted molar refractivity (Wildman–Crippen MR) is 85.8 cm³/mol. The van der Waals surface area contributed by atoms with E-state index < -0.39 is 5.97 Å². The molecule has 0 aliphatic rings. The Hall–Kier alpha value is -2.73. The number of ether oxygens (including phenoxy) is 1. The van der Waals surface area contributed by atoms with E-state index >= 15 is 0 Å². The summed E-state index contributed by atoms with van der Waals surface area (Å²) in [5.74, 6) is -0.729. The second-order valence-electron chi connectivity index (χ2n) is 4.59. The SMILES string of the molecule is COc1ccccc1/C=C(/Sc1nc2ccccc2o1)C(=O)[O-]. The van der Waals surface area contributed by atoms with Crippen LogP contribution in [-0.4, -0.2) is 18.1 Å². The van der Waals surface area contributed by atoms with Crippen LogP contribution in [0.3, 0.4) is 0 Å². The summed E-state index contributed by atoms with van der Waals surface area (Å²) in [5, 5.41) is 11.7. The average molecular weight is 326 g/mol. The van der Waals surface area contributed by atoms with Crippen LogP contribution in [0.5, 0.6) is 5.75 Å². The molecule has 6 heteroatoms. The first-order chi connectivity index (χ1) is 11.2. The number of carboxylic acids is 1. The fourth-order valence-corrected chi connectivity index (χ4v) is 2.78. The molecule has 0 aliphatic heterocycles. The van der Waals surface area contributed by atoms with Gasteiger partial charge in [0.25, 0.3) is 5.22 Å². The molecule has 0 saturated heterocycles. The van der Waals surface area contributed by atoms with Crippen molar-refractivity contribution in [3.8, 4) is 5.75 Å². The van der Waals surface area contributed by atoms with Crippen LogP contribution in [0.4, 0.5) is 0 Å². The molecule has 3 aromatic rings. The number of hydrogen-bond acceptors (Lipinski definition) is 6. The molecule has 0 atom stereocenters. The number of carbonyl (C=O) groups is 1. The third kappa shape index (κ3) is 3.37. The molecule has 0 unspecified atom stereocenters. The quantitative estimate of drug-likeness (QED) is 0.530. The van der Waals surface area contributed by atoms with E-state index in [9.17, 15) is 9.90 Å². The molecule has 0 N–H and O–H groups in total. The number of aromatic nitrogens is 1. The Bertz CT molecular complexity index is 852. The van der Waals surface area contributed by atoms with Gasteiger partial charge in [-0.3, -0.25) is 0 Å². The molecule has 5 nitrogen and oxygen atoms in total. The van der Waals surface area contributed by atoms with Crippen molar-refractivity contribution in [1.29, 1.82) is 0 Å². The monoisotopic (exact) mass is 326 g/mol. The standard InChI is InChI=1S/C17H13NO4S/c1-21-13-8-4-2-6-11(13)10-15(16(19)20)23-17-18-12-7-3-5-9-14(12)22-17/h2-10H,1H3,(H,19,20)/p-1/b15-10+. The van der Waals surface area contributed by atoms with Gasteiger partial charge in [-0.15, -0.1) is 0 Å². The molecule has 23 heavy (non-hydrogen) atoms. The first kappa shape index (κ1) is 15.2. The van der Waals surface area contributed by atoms with Gasteiger partial charge in [-0.1, -0.05) is 30.3 Å². The summed E-state index contributed by atoms with van der Waals surface area (Å²) in [4.78, 5) is 15.7. The van der Waals surface area contributed by atoms with Crippen molar-refractivity contribution in [3.05, 3.63) is 59.0 Å². The van der Waals surface area contributed by atoms with E-state index in [1.807, 2.05) is 18.2 Å². The van der Waals surface area contributed by atoms with Crippen molar-refractivity contribution >= 4 is 34.9 Å². The molecule has 0 bridgehead atoms. The smallest absolute Gasteiger partial charge is 0.261 e. The number of methoxy groups -OCH3 is 1. The molecule has 0 radical (unpaired) electrons. The van der Waals surface area contributed by atoms with Crippen molar-refractivity contribution < 1.29 is 19.1 Å². The summed E-state index contributed by atoms with van der Waals surface area (Å²) in [6.45, 7) is 0. The van der Waals surface area contributed by atoms with Gasteiger partial charge in [0.2, 0.25) is 0 Å². The summed E-state index contributed by atoms with van der Waals surface area (Å²) in [7, 11) is 1.53. The maximum Gasteiger partial charge on any atom is 0.261 e. The fourth-order valence-electron chi connectivity index (χ4n) is 2.05. The summed E-state index contributed by atoms with van der Waals surface area (Å²) >= 11 is 0.902. The molecule has 0 saturated carbocycles. The van der Waals surface area contributed by atoms with Crippen LogP contribution >= 0.6 is 11.8 Å². The number of rotatable bonds is 5. The highest BCUT2D eigenvalue weighted by Crippen LogP contribution is 2.31. The number of nitrogens with zero attached hydrogens (tertiary/aromatic N) is 1. The van der Waals surface area contributed by atoms with Crippen LogP contribution in [0, 0.1) is 0 Å². The van der Waals surface area contributed by atoms with Crippen molar-refractivity contribution in [3.63, 3.8) is 0 Å². The number of aliphatic carboxylic acids is 1. The van der Waals surface area contributed by atoms with Gasteiger partial charge in [0.1, 0.15) is 11.3 Å². The highest BCUT2D eigenvalue weighted by Gasteiger charge is 2.11. The van der Waals surface area contributed by atoms with Crippen LogP contribution in [0.1, 0.15) is 5.56 Å². The summed E-state index contributed by atoms with van der Waals surface area (Å²) in [6, 6.07) is 14.3. The molecule has 1 aromatic heterocycles. The molecule has 0 fully saturated rings. The normalized spacial score (nSPS) is 11.6. The maximum absolute atomic E-state index is 11.4. The van der Waals surface area contributed by atoms with Crippen LogP contribution < -0.4 is 9.84 Å². The lowest BCUT2D eigenvalue weighted by Gasteiger charge is -2.08. The molecule has 2 aromatic carbocycles. The molecule has 116 valence electrons. The van der Waals surface area contributed by atoms with Gasteiger partial charge >= 0.3 is 0 Å². The Morgan fingerprint density at radius 1 is 1.22 bits per heavy atom. The van der Waals surface area contributed by atoms with E-state index in [1.54, 1.807) is 30.3 Å². The summed E-state index contributed by atoms with van der Waals surface area (Å²) < 4.78 is 10.7. The number of carbonyl (C=O) groups excluding carboxylic acids is 1. The Labute approximate surface area is 136 Å². The van der Waals surface area contributed by atoms with Crippen molar-refractivity contribution in [2.45, 2.75) is 5.22 Å². The first-order valence-corrected chi connectivity index (χ1v) is 7.58. The Morgan fingerprint density at radius 3 is 2.70 bits per heavy atom. The lowest BCUT2D eigenvalue weighted by atomic mass is 10.2. The van der Waals surface area contributed by atoms with Gasteiger partial charge in [-0.05, 0) is 36.0 Å². The number of benzene rings is 2. The van der Waals surface area contributed by atoms with Gasteiger partial charge in [0.05, 0.1) is 13.1 Å². The maximum atomic E-state index is 11.4. The molecule has 3 rings (SSSR count). The zero-order valence-corrected chi connectivity index (χ0v) is 13.0. The first-order valence-electron chi connectivity index (χ1n) is 6.77. The fraction of sp³-hybridized carbons (Fsp3) is 0.0588. The van der Waals surface area contributed by atoms with E-state index in [0.717, 1.165) is 11.8 Å². The number of para-hydroxylation sites is 3. The minimum absolute atomic E-state index is 0.0129. The highest BCUT2D eigenvalue weighted by atomic mass is 32.2. The van der Waals surface area contributed by atoms with Crippen molar-refractivity contribution in [2.24, 2.45) is 0 Å². The lowest BCUT2D eigenvalue weighted by Crippen LogP contribution is -2.23. The Kier molecular flexibility index (Phi) is 4.34. The molecular weight excluding hydrogens is 314 g/mol. The minimum Gasteiger partial charge on any atom is -0.544 e. The van der Waals surface area contributed by atoms with Crippen LogP contribution in [0.2, 0.25) is 0 Å². The van der Waals surface area contributed by atoms with Crippen molar-refractivity contribution in [2.75, 3.05) is 7.11 Å². The second-order valence-corrected chi connectivity index (χ2v) is 5.58. The summed E-state index contributed by atoms with van der Waals surface area (Å²) in [6.07, 6.45) is 1.48. The van der Waals surface area contributed by atoms with Crippen LogP contribution in [0.15, 0.2) is 63.1 Å². The summed E-state index contributed by atoms with van der Waals surface area (Å²) in [5.41, 5.74) is 1.91. The van der Waals surface area contributed by atoms with E-state index in [2.05, 4.69) is 4.98 Å². The topological polar surface area (TPSA) is 75.4 Å². The van der Waals surface area contributed by atoms with Gasteiger partial charge in [0.15, 0.2) is 5.58 Å². The molecule has 0 aliphatic carbocycles.